The summed E-state index contributed by atoms with van der Waals surface area (Å²) in [6.45, 7) is 7.01. The van der Waals surface area contributed by atoms with E-state index < -0.39 is 0 Å². The van der Waals surface area contributed by atoms with Gasteiger partial charge in [-0.2, -0.15) is 0 Å². The van der Waals surface area contributed by atoms with E-state index in [1.54, 1.807) is 0 Å². The first kappa shape index (κ1) is 14.5. The lowest BCUT2D eigenvalue weighted by Crippen LogP contribution is -2.45. The minimum Gasteiger partial charge on any atom is -0.327 e. The summed E-state index contributed by atoms with van der Waals surface area (Å²) in [6.07, 6.45) is 5.55. The van der Waals surface area contributed by atoms with Gasteiger partial charge in [-0.1, -0.05) is 45.4 Å². The van der Waals surface area contributed by atoms with Gasteiger partial charge in [-0.3, -0.25) is 4.98 Å². The number of nitrogens with two attached hydrogens (primary N) is 1. The first-order valence-electron chi connectivity index (χ1n) is 8.09. The van der Waals surface area contributed by atoms with Crippen molar-refractivity contribution in [3.8, 4) is 0 Å². The van der Waals surface area contributed by atoms with Crippen molar-refractivity contribution < 1.29 is 0 Å². The number of aromatic nitrogens is 1. The van der Waals surface area contributed by atoms with Gasteiger partial charge in [-0.25, -0.2) is 0 Å². The van der Waals surface area contributed by atoms with Crippen molar-refractivity contribution in [1.29, 1.82) is 0 Å². The lowest BCUT2D eigenvalue weighted by molar-refractivity contribution is 0.171. The van der Waals surface area contributed by atoms with Crippen molar-refractivity contribution in [2.75, 3.05) is 0 Å². The second kappa shape index (κ2) is 5.42. The van der Waals surface area contributed by atoms with Gasteiger partial charge in [0.05, 0.1) is 5.52 Å². The van der Waals surface area contributed by atoms with E-state index >= 15 is 0 Å². The minimum absolute atomic E-state index is 0.102. The molecule has 1 aliphatic rings. The van der Waals surface area contributed by atoms with Gasteiger partial charge < -0.3 is 5.73 Å². The van der Waals surface area contributed by atoms with Gasteiger partial charge in [0, 0.05) is 17.6 Å². The Balaban J connectivity index is 1.95. The lowest BCUT2D eigenvalue weighted by Gasteiger charge is -2.43. The summed E-state index contributed by atoms with van der Waals surface area (Å²) in [5.41, 5.74) is 9.04. The molecule has 0 radical (unpaired) electrons. The third kappa shape index (κ3) is 2.69. The molecule has 2 heteroatoms. The number of fused-ring (bicyclic) bond motifs is 1. The number of hydrogen-bond acceptors (Lipinski definition) is 2. The van der Waals surface area contributed by atoms with Crippen LogP contribution in [0.2, 0.25) is 0 Å². The molecule has 2 aromatic rings. The molecule has 2 N–H and O–H groups in total. The zero-order valence-corrected chi connectivity index (χ0v) is 13.3. The van der Waals surface area contributed by atoms with Crippen LogP contribution >= 0.6 is 0 Å². The third-order valence-electron chi connectivity index (χ3n) is 5.44. The Morgan fingerprint density at radius 2 is 2.00 bits per heavy atom. The first-order chi connectivity index (χ1) is 9.98. The van der Waals surface area contributed by atoms with Crippen LogP contribution in [0.3, 0.4) is 0 Å². The zero-order valence-electron chi connectivity index (χ0n) is 13.3. The summed E-state index contributed by atoms with van der Waals surface area (Å²) < 4.78 is 0. The summed E-state index contributed by atoms with van der Waals surface area (Å²) in [5.74, 6) is 1.32. The predicted octanol–water partition coefficient (Wildman–Crippen LogP) is 4.28. The molecule has 112 valence electrons. The van der Waals surface area contributed by atoms with Crippen LogP contribution in [0.5, 0.6) is 0 Å². The van der Waals surface area contributed by atoms with Crippen molar-refractivity contribution in [2.45, 2.75) is 51.5 Å². The van der Waals surface area contributed by atoms with E-state index in [2.05, 4.69) is 50.0 Å². The van der Waals surface area contributed by atoms with Gasteiger partial charge >= 0.3 is 0 Å². The number of hydrogen-bond donors (Lipinski definition) is 1. The predicted molar refractivity (Wildman–Crippen MR) is 89.2 cm³/mol. The molecule has 1 heterocycles. The maximum Gasteiger partial charge on any atom is 0.0704 e. The van der Waals surface area contributed by atoms with E-state index in [1.807, 2.05) is 12.3 Å². The van der Waals surface area contributed by atoms with Crippen LogP contribution in [0.25, 0.3) is 10.9 Å². The summed E-state index contributed by atoms with van der Waals surface area (Å²) in [4.78, 5) is 4.50. The highest BCUT2D eigenvalue weighted by atomic mass is 14.7. The number of rotatable bonds is 2. The zero-order chi connectivity index (χ0) is 15.0. The van der Waals surface area contributed by atoms with E-state index in [4.69, 9.17) is 5.73 Å². The molecule has 0 bridgehead atoms. The maximum atomic E-state index is 6.49. The van der Waals surface area contributed by atoms with Crippen molar-refractivity contribution in [3.05, 3.63) is 42.1 Å². The largest absolute Gasteiger partial charge is 0.327 e. The molecule has 1 aromatic carbocycles. The fourth-order valence-corrected chi connectivity index (χ4v) is 4.00. The molecule has 1 aromatic heterocycles. The van der Waals surface area contributed by atoms with Crippen LogP contribution in [0, 0.1) is 11.8 Å². The average molecular weight is 282 g/mol. The quantitative estimate of drug-likeness (QED) is 0.893. The molecule has 1 saturated carbocycles. The Labute approximate surface area is 127 Å². The van der Waals surface area contributed by atoms with Crippen molar-refractivity contribution >= 4 is 10.9 Å². The minimum atomic E-state index is 0.102. The van der Waals surface area contributed by atoms with Crippen LogP contribution in [-0.2, 0) is 5.41 Å². The summed E-state index contributed by atoms with van der Waals surface area (Å²) >= 11 is 0. The summed E-state index contributed by atoms with van der Waals surface area (Å²) in [7, 11) is 0. The van der Waals surface area contributed by atoms with Crippen LogP contribution in [0.1, 0.15) is 45.6 Å². The standard InChI is InChI=1S/C19H26N2/c1-13-6-9-16(17(20)11-13)19(2,3)15-8-7-14-5-4-10-21-18(14)12-15/h4-5,7-8,10,12-13,16-17H,6,9,11,20H2,1-3H3. The smallest absolute Gasteiger partial charge is 0.0704 e. The third-order valence-corrected chi connectivity index (χ3v) is 5.44. The van der Waals surface area contributed by atoms with Gasteiger partial charge in [0.15, 0.2) is 0 Å². The summed E-state index contributed by atoms with van der Waals surface area (Å²) in [5, 5.41) is 1.21. The normalized spacial score (nSPS) is 27.0. The fraction of sp³-hybridized carbons (Fsp3) is 0.526. The van der Waals surface area contributed by atoms with Crippen molar-refractivity contribution in [2.24, 2.45) is 17.6 Å². The van der Waals surface area contributed by atoms with Gasteiger partial charge in [0.1, 0.15) is 0 Å². The molecule has 0 saturated heterocycles. The van der Waals surface area contributed by atoms with Gasteiger partial charge in [0.25, 0.3) is 0 Å². The van der Waals surface area contributed by atoms with Crippen molar-refractivity contribution in [1.82, 2.24) is 4.98 Å². The van der Waals surface area contributed by atoms with E-state index in [1.165, 1.54) is 23.8 Å². The highest BCUT2D eigenvalue weighted by Crippen LogP contribution is 2.42. The number of benzene rings is 1. The maximum absolute atomic E-state index is 6.49. The molecule has 0 spiro atoms. The Morgan fingerprint density at radius 1 is 1.19 bits per heavy atom. The molecular formula is C19H26N2. The van der Waals surface area contributed by atoms with E-state index in [9.17, 15) is 0 Å². The van der Waals surface area contributed by atoms with Gasteiger partial charge in [-0.05, 0) is 47.8 Å². The number of pyridine rings is 1. The lowest BCUT2D eigenvalue weighted by atomic mass is 9.64. The van der Waals surface area contributed by atoms with E-state index in [0.717, 1.165) is 17.9 Å². The second-order valence-corrected chi connectivity index (χ2v) is 7.32. The Bertz CT molecular complexity index is 632. The van der Waals surface area contributed by atoms with Crippen molar-refractivity contribution in [3.63, 3.8) is 0 Å². The Kier molecular flexibility index (Phi) is 3.75. The van der Waals surface area contributed by atoms with Crippen LogP contribution in [0.4, 0.5) is 0 Å². The topological polar surface area (TPSA) is 38.9 Å². The molecule has 2 nitrogen and oxygen atoms in total. The molecule has 1 fully saturated rings. The SMILES string of the molecule is CC1CCC(C(C)(C)c2ccc3cccnc3c2)C(N)C1. The highest BCUT2D eigenvalue weighted by molar-refractivity contribution is 5.79. The Morgan fingerprint density at radius 3 is 2.76 bits per heavy atom. The average Bonchev–Trinajstić information content (AvgIpc) is 2.46. The first-order valence-corrected chi connectivity index (χ1v) is 8.09. The second-order valence-electron chi connectivity index (χ2n) is 7.32. The molecule has 0 amide bonds. The van der Waals surface area contributed by atoms with E-state index in [0.29, 0.717) is 12.0 Å². The van der Waals surface area contributed by atoms with Crippen LogP contribution in [-0.4, -0.2) is 11.0 Å². The van der Waals surface area contributed by atoms with Gasteiger partial charge in [0.2, 0.25) is 0 Å². The monoisotopic (exact) mass is 282 g/mol. The van der Waals surface area contributed by atoms with Crippen LogP contribution < -0.4 is 5.73 Å². The molecule has 3 unspecified atom stereocenters. The summed E-state index contributed by atoms with van der Waals surface area (Å²) in [6, 6.07) is 11.1. The molecule has 21 heavy (non-hydrogen) atoms. The van der Waals surface area contributed by atoms with Gasteiger partial charge in [-0.15, -0.1) is 0 Å². The molecule has 1 aliphatic carbocycles. The molecular weight excluding hydrogens is 256 g/mol. The molecule has 3 atom stereocenters. The Hall–Kier alpha value is -1.41. The highest BCUT2D eigenvalue weighted by Gasteiger charge is 2.38. The number of nitrogens with zero attached hydrogens (tertiary/aromatic N) is 1. The molecule has 0 aliphatic heterocycles. The fourth-order valence-electron chi connectivity index (χ4n) is 4.00. The van der Waals surface area contributed by atoms with E-state index in [-0.39, 0.29) is 5.41 Å². The molecule has 3 rings (SSSR count). The van der Waals surface area contributed by atoms with Crippen LogP contribution in [0.15, 0.2) is 36.5 Å².